The van der Waals surface area contributed by atoms with Crippen molar-refractivity contribution in [2.75, 3.05) is 19.8 Å². The molecular weight excluding hydrogens is 322 g/mol. The second-order valence-electron chi connectivity index (χ2n) is 6.55. The van der Waals surface area contributed by atoms with Crippen molar-refractivity contribution < 1.29 is 9.53 Å². The van der Waals surface area contributed by atoms with Crippen molar-refractivity contribution >= 4 is 5.91 Å². The fraction of sp³-hybridized carbons (Fsp3) is 0.435. The summed E-state index contributed by atoms with van der Waals surface area (Å²) in [7, 11) is 0. The molecule has 1 amide bonds. The summed E-state index contributed by atoms with van der Waals surface area (Å²) in [5, 5.41) is 2.96. The summed E-state index contributed by atoms with van der Waals surface area (Å²) in [4.78, 5) is 12.5. The van der Waals surface area contributed by atoms with Crippen LogP contribution in [0.25, 0.3) is 11.1 Å². The van der Waals surface area contributed by atoms with Gasteiger partial charge in [-0.3, -0.25) is 4.79 Å². The molecule has 0 aromatic heterocycles. The number of benzene rings is 2. The van der Waals surface area contributed by atoms with Crippen molar-refractivity contribution in [3.05, 3.63) is 60.2 Å². The number of carbonyl (C=O) groups excluding carboxylic acids is 1. The molecule has 0 unspecified atom stereocenters. The summed E-state index contributed by atoms with van der Waals surface area (Å²) in [6, 6.07) is 17.7. The van der Waals surface area contributed by atoms with Gasteiger partial charge in [0.15, 0.2) is 0 Å². The molecule has 2 rings (SSSR count). The predicted molar refractivity (Wildman–Crippen MR) is 108 cm³/mol. The smallest absolute Gasteiger partial charge is 0.251 e. The van der Waals surface area contributed by atoms with Gasteiger partial charge in [-0.1, -0.05) is 87.6 Å². The molecule has 0 aliphatic rings. The monoisotopic (exact) mass is 353 g/mol. The van der Waals surface area contributed by atoms with Gasteiger partial charge in [-0.05, 0) is 23.6 Å². The van der Waals surface area contributed by atoms with Crippen LogP contribution in [0.1, 0.15) is 55.8 Å². The van der Waals surface area contributed by atoms with Crippen LogP contribution < -0.4 is 5.32 Å². The van der Waals surface area contributed by atoms with Crippen molar-refractivity contribution in [2.24, 2.45) is 0 Å². The summed E-state index contributed by atoms with van der Waals surface area (Å²) in [5.74, 6) is -0.0485. The largest absolute Gasteiger partial charge is 0.380 e. The molecule has 1 N–H and O–H groups in total. The molecule has 3 heteroatoms. The van der Waals surface area contributed by atoms with Crippen molar-refractivity contribution in [3.8, 4) is 11.1 Å². The zero-order valence-corrected chi connectivity index (χ0v) is 15.9. The van der Waals surface area contributed by atoms with Gasteiger partial charge in [0.2, 0.25) is 0 Å². The number of amides is 1. The molecule has 0 radical (unpaired) electrons. The van der Waals surface area contributed by atoms with E-state index in [4.69, 9.17) is 4.74 Å². The minimum atomic E-state index is -0.0485. The molecule has 0 fully saturated rings. The highest BCUT2D eigenvalue weighted by molar-refractivity contribution is 6.00. The van der Waals surface area contributed by atoms with Crippen LogP contribution >= 0.6 is 0 Å². The zero-order chi connectivity index (χ0) is 18.5. The Morgan fingerprint density at radius 1 is 0.846 bits per heavy atom. The molecule has 2 aromatic rings. The normalized spacial score (nSPS) is 10.7. The van der Waals surface area contributed by atoms with Crippen LogP contribution in [0.15, 0.2) is 54.6 Å². The molecule has 2 aromatic carbocycles. The van der Waals surface area contributed by atoms with Gasteiger partial charge in [-0.15, -0.1) is 0 Å². The first-order valence-corrected chi connectivity index (χ1v) is 9.83. The number of unbranched alkanes of at least 4 members (excludes halogenated alkanes) is 5. The molecule has 3 nitrogen and oxygen atoms in total. The first kappa shape index (κ1) is 20.2. The lowest BCUT2D eigenvalue weighted by Gasteiger charge is -2.11. The third-order valence-electron chi connectivity index (χ3n) is 4.43. The topological polar surface area (TPSA) is 38.3 Å². The lowest BCUT2D eigenvalue weighted by Crippen LogP contribution is -2.27. The van der Waals surface area contributed by atoms with Gasteiger partial charge in [0.1, 0.15) is 0 Å². The molecule has 0 spiro atoms. The Bertz CT molecular complexity index is 640. The van der Waals surface area contributed by atoms with Crippen LogP contribution in [-0.2, 0) is 4.74 Å². The fourth-order valence-corrected chi connectivity index (χ4v) is 2.97. The van der Waals surface area contributed by atoms with Crippen LogP contribution in [-0.4, -0.2) is 25.7 Å². The van der Waals surface area contributed by atoms with Gasteiger partial charge in [0.25, 0.3) is 5.91 Å². The lowest BCUT2D eigenvalue weighted by molar-refractivity contribution is 0.0912. The van der Waals surface area contributed by atoms with Crippen molar-refractivity contribution in [3.63, 3.8) is 0 Å². The van der Waals surface area contributed by atoms with E-state index in [1.54, 1.807) is 0 Å². The number of hydrogen-bond acceptors (Lipinski definition) is 2. The van der Waals surface area contributed by atoms with Crippen molar-refractivity contribution in [1.82, 2.24) is 5.32 Å². The van der Waals surface area contributed by atoms with E-state index >= 15 is 0 Å². The molecule has 0 aliphatic heterocycles. The quantitative estimate of drug-likeness (QED) is 0.515. The maximum absolute atomic E-state index is 12.5. The molecule has 0 bridgehead atoms. The van der Waals surface area contributed by atoms with E-state index in [1.165, 1.54) is 32.1 Å². The summed E-state index contributed by atoms with van der Waals surface area (Å²) in [6.45, 7) is 4.12. The summed E-state index contributed by atoms with van der Waals surface area (Å²) in [6.07, 6.45) is 7.57. The van der Waals surface area contributed by atoms with Crippen LogP contribution in [0, 0.1) is 0 Å². The highest BCUT2D eigenvalue weighted by Crippen LogP contribution is 2.23. The van der Waals surface area contributed by atoms with E-state index in [9.17, 15) is 4.79 Å². The number of rotatable bonds is 12. The first-order valence-electron chi connectivity index (χ1n) is 9.83. The minimum Gasteiger partial charge on any atom is -0.380 e. The van der Waals surface area contributed by atoms with Crippen LogP contribution in [0.3, 0.4) is 0 Å². The van der Waals surface area contributed by atoms with E-state index in [1.807, 2.05) is 54.6 Å². The van der Waals surface area contributed by atoms with Gasteiger partial charge in [-0.2, -0.15) is 0 Å². The van der Waals surface area contributed by atoms with E-state index in [-0.39, 0.29) is 5.91 Å². The van der Waals surface area contributed by atoms with E-state index < -0.39 is 0 Å². The Hall–Kier alpha value is -2.13. The highest BCUT2D eigenvalue weighted by Gasteiger charge is 2.11. The fourth-order valence-electron chi connectivity index (χ4n) is 2.97. The minimum absolute atomic E-state index is 0.0485. The molecule has 0 aliphatic carbocycles. The average molecular weight is 354 g/mol. The maximum Gasteiger partial charge on any atom is 0.251 e. The van der Waals surface area contributed by atoms with Crippen LogP contribution in [0.5, 0.6) is 0 Å². The number of nitrogens with one attached hydrogen (secondary N) is 1. The SMILES string of the molecule is CCCCCCCCOCCNC(=O)c1ccccc1-c1ccccc1. The predicted octanol–water partition coefficient (Wildman–Crippen LogP) is 5.46. The molecule has 0 saturated carbocycles. The van der Waals surface area contributed by atoms with Gasteiger partial charge in [0, 0.05) is 18.7 Å². The van der Waals surface area contributed by atoms with Gasteiger partial charge in [0.05, 0.1) is 6.61 Å². The Morgan fingerprint density at radius 3 is 2.35 bits per heavy atom. The summed E-state index contributed by atoms with van der Waals surface area (Å²) >= 11 is 0. The Balaban J connectivity index is 1.69. The third kappa shape index (κ3) is 7.01. The zero-order valence-electron chi connectivity index (χ0n) is 15.9. The average Bonchev–Trinajstić information content (AvgIpc) is 2.70. The molecule has 0 atom stereocenters. The number of hydrogen-bond donors (Lipinski definition) is 1. The standard InChI is InChI=1S/C23H31NO2/c1-2-3-4-5-6-12-18-26-19-17-24-23(25)22-16-11-10-15-21(22)20-13-8-7-9-14-20/h7-11,13-16H,2-6,12,17-19H2,1H3,(H,24,25). The van der Waals surface area contributed by atoms with Crippen LogP contribution in [0.2, 0.25) is 0 Å². The summed E-state index contributed by atoms with van der Waals surface area (Å²) in [5.41, 5.74) is 2.71. The van der Waals surface area contributed by atoms with E-state index in [2.05, 4.69) is 12.2 Å². The van der Waals surface area contributed by atoms with Crippen molar-refractivity contribution in [2.45, 2.75) is 45.4 Å². The Kier molecular flexibility index (Phi) is 9.52. The molecule has 0 heterocycles. The van der Waals surface area contributed by atoms with Crippen molar-refractivity contribution in [1.29, 1.82) is 0 Å². The molecular formula is C23H31NO2. The molecule has 26 heavy (non-hydrogen) atoms. The second kappa shape index (κ2) is 12.3. The van der Waals surface area contributed by atoms with E-state index in [0.717, 1.165) is 24.2 Å². The molecule has 0 saturated heterocycles. The van der Waals surface area contributed by atoms with Crippen LogP contribution in [0.4, 0.5) is 0 Å². The lowest BCUT2D eigenvalue weighted by atomic mass is 9.99. The Labute approximate surface area is 157 Å². The van der Waals surface area contributed by atoms with Gasteiger partial charge >= 0.3 is 0 Å². The Morgan fingerprint density at radius 2 is 1.54 bits per heavy atom. The number of ether oxygens (including phenoxy) is 1. The summed E-state index contributed by atoms with van der Waals surface area (Å²) < 4.78 is 5.63. The maximum atomic E-state index is 12.5. The number of carbonyl (C=O) groups is 1. The first-order chi connectivity index (χ1) is 12.8. The highest BCUT2D eigenvalue weighted by atomic mass is 16.5. The third-order valence-corrected chi connectivity index (χ3v) is 4.43. The second-order valence-corrected chi connectivity index (χ2v) is 6.55. The van der Waals surface area contributed by atoms with E-state index in [0.29, 0.717) is 18.7 Å². The van der Waals surface area contributed by atoms with Gasteiger partial charge in [-0.25, -0.2) is 0 Å². The van der Waals surface area contributed by atoms with Gasteiger partial charge < -0.3 is 10.1 Å². The molecule has 140 valence electrons.